The van der Waals surface area contributed by atoms with E-state index in [4.69, 9.17) is 12.2 Å². The normalized spacial score (nSPS) is 23.0. The van der Waals surface area contributed by atoms with Crippen molar-refractivity contribution in [3.8, 4) is 0 Å². The Morgan fingerprint density at radius 2 is 2.00 bits per heavy atom. The number of carbonyl (C=O) groups is 3. The summed E-state index contributed by atoms with van der Waals surface area (Å²) in [6, 6.07) is 7.56. The molecule has 0 aromatic heterocycles. The van der Waals surface area contributed by atoms with Gasteiger partial charge in [0.25, 0.3) is 5.91 Å². The van der Waals surface area contributed by atoms with Gasteiger partial charge in [-0.25, -0.2) is 0 Å². The summed E-state index contributed by atoms with van der Waals surface area (Å²) in [5.74, 6) is -2.01. The fourth-order valence-electron chi connectivity index (χ4n) is 3.31. The molecule has 0 unspecified atom stereocenters. The molecule has 2 heterocycles. The van der Waals surface area contributed by atoms with E-state index in [1.807, 2.05) is 30.3 Å². The van der Waals surface area contributed by atoms with E-state index in [-0.39, 0.29) is 5.91 Å². The number of benzene rings is 1. The molecule has 0 saturated carbocycles. The Hall–Kier alpha value is -2.19. The molecule has 8 heteroatoms. The van der Waals surface area contributed by atoms with Gasteiger partial charge in [0.1, 0.15) is 10.4 Å². The van der Waals surface area contributed by atoms with Crippen LogP contribution in [0.1, 0.15) is 31.7 Å². The first-order valence-electron chi connectivity index (χ1n) is 8.73. The fraction of sp³-hybridized carbons (Fsp3) is 0.368. The second kappa shape index (κ2) is 8.22. The van der Waals surface area contributed by atoms with Gasteiger partial charge in [0.2, 0.25) is 5.91 Å². The monoisotopic (exact) mass is 403 g/mol. The Morgan fingerprint density at radius 3 is 2.67 bits per heavy atom. The maximum absolute atomic E-state index is 12.9. The van der Waals surface area contributed by atoms with Crippen LogP contribution in [-0.2, 0) is 14.4 Å². The number of aliphatic carboxylic acids is 1. The predicted octanol–water partition coefficient (Wildman–Crippen LogP) is 1.41. The first-order valence-corrected chi connectivity index (χ1v) is 9.96. The molecule has 2 saturated heterocycles. The van der Waals surface area contributed by atoms with Gasteiger partial charge < -0.3 is 14.8 Å². The summed E-state index contributed by atoms with van der Waals surface area (Å²) in [4.78, 5) is 40.1. The average molecular weight is 404 g/mol. The summed E-state index contributed by atoms with van der Waals surface area (Å²) in [5, 5.41) is 11.4. The van der Waals surface area contributed by atoms with Crippen LogP contribution in [0.4, 0.5) is 0 Å². The molecule has 2 amide bonds. The van der Waals surface area contributed by atoms with Gasteiger partial charge >= 0.3 is 0 Å². The molecule has 1 aromatic carbocycles. The zero-order chi connectivity index (χ0) is 19.6. The summed E-state index contributed by atoms with van der Waals surface area (Å²) < 4.78 is 0.296. The van der Waals surface area contributed by atoms with Gasteiger partial charge in [0.05, 0.1) is 16.9 Å². The first-order chi connectivity index (χ1) is 12.9. The first kappa shape index (κ1) is 19.6. The summed E-state index contributed by atoms with van der Waals surface area (Å²) >= 11 is 6.46. The summed E-state index contributed by atoms with van der Waals surface area (Å²) in [6.45, 7) is 1.93. The second-order valence-corrected chi connectivity index (χ2v) is 8.18. The van der Waals surface area contributed by atoms with Crippen LogP contribution in [0, 0.1) is 0 Å². The van der Waals surface area contributed by atoms with E-state index in [1.54, 1.807) is 13.0 Å². The second-order valence-electron chi connectivity index (χ2n) is 6.50. The van der Waals surface area contributed by atoms with Crippen molar-refractivity contribution in [3.63, 3.8) is 0 Å². The van der Waals surface area contributed by atoms with Crippen molar-refractivity contribution in [2.75, 3.05) is 6.54 Å². The van der Waals surface area contributed by atoms with Crippen molar-refractivity contribution in [3.05, 3.63) is 40.8 Å². The topological polar surface area (TPSA) is 80.8 Å². The third-order valence-corrected chi connectivity index (χ3v) is 6.05. The highest BCUT2D eigenvalue weighted by Gasteiger charge is 2.41. The maximum atomic E-state index is 12.9. The fourth-order valence-corrected chi connectivity index (χ4v) is 4.72. The molecule has 0 aliphatic carbocycles. The van der Waals surface area contributed by atoms with Crippen molar-refractivity contribution in [1.29, 1.82) is 0 Å². The lowest BCUT2D eigenvalue weighted by Crippen LogP contribution is -2.57. The minimum absolute atomic E-state index is 0.296. The zero-order valence-corrected chi connectivity index (χ0v) is 16.4. The molecule has 3 rings (SSSR count). The van der Waals surface area contributed by atoms with Gasteiger partial charge in [0.15, 0.2) is 0 Å². The molecule has 6 nitrogen and oxygen atoms in total. The number of carbonyl (C=O) groups excluding carboxylic acids is 3. The number of amides is 2. The Balaban J connectivity index is 1.79. The van der Waals surface area contributed by atoms with E-state index in [2.05, 4.69) is 0 Å². The number of carboxylic acids is 1. The Labute approximate surface area is 167 Å². The lowest BCUT2D eigenvalue weighted by atomic mass is 10.0. The number of rotatable bonds is 4. The van der Waals surface area contributed by atoms with Crippen LogP contribution in [0.5, 0.6) is 0 Å². The molecule has 142 valence electrons. The van der Waals surface area contributed by atoms with Crippen LogP contribution < -0.4 is 5.11 Å². The van der Waals surface area contributed by atoms with Crippen molar-refractivity contribution in [2.24, 2.45) is 0 Å². The Kier molecular flexibility index (Phi) is 5.96. The molecule has 0 spiro atoms. The third kappa shape index (κ3) is 4.06. The average Bonchev–Trinajstić information content (AvgIpc) is 2.94. The van der Waals surface area contributed by atoms with Crippen LogP contribution in [0.2, 0.25) is 0 Å². The van der Waals surface area contributed by atoms with Crippen molar-refractivity contribution >= 4 is 52.2 Å². The zero-order valence-electron chi connectivity index (χ0n) is 14.8. The smallest absolute Gasteiger partial charge is 0.266 e. The molecule has 27 heavy (non-hydrogen) atoms. The van der Waals surface area contributed by atoms with Crippen molar-refractivity contribution in [1.82, 2.24) is 9.80 Å². The van der Waals surface area contributed by atoms with Crippen LogP contribution in [0.25, 0.3) is 6.08 Å². The number of thiocarbonyl (C=S) groups is 1. The van der Waals surface area contributed by atoms with Crippen molar-refractivity contribution in [2.45, 2.75) is 38.3 Å². The van der Waals surface area contributed by atoms with Gasteiger partial charge in [0, 0.05) is 6.54 Å². The molecule has 0 radical (unpaired) electrons. The quantitative estimate of drug-likeness (QED) is 0.559. The van der Waals surface area contributed by atoms with E-state index in [1.165, 1.54) is 9.80 Å². The SMILES string of the molecule is C[C@@H](C(=O)N1CCCC[C@H]1C(=O)[O-])N1C(=O)/C(=C/c2ccccc2)SC1=S. The summed E-state index contributed by atoms with van der Waals surface area (Å²) in [5.41, 5.74) is 0.866. The Bertz CT molecular complexity index is 809. The standard InChI is InChI=1S/C19H20N2O4S2/c1-12(16(22)20-10-6-5-9-14(20)18(24)25)21-17(23)15(27-19(21)26)11-13-7-3-2-4-8-13/h2-4,7-8,11-12,14H,5-6,9-10H2,1H3,(H,24,25)/p-1/b15-11-/t12-,14-/m0/s1. The largest absolute Gasteiger partial charge is 0.548 e. The molecule has 2 aliphatic rings. The molecule has 0 bridgehead atoms. The van der Waals surface area contributed by atoms with Crippen LogP contribution >= 0.6 is 24.0 Å². The van der Waals surface area contributed by atoms with Gasteiger partial charge in [-0.05, 0) is 37.8 Å². The minimum atomic E-state index is -1.26. The number of piperidine rings is 1. The van der Waals surface area contributed by atoms with Gasteiger partial charge in [-0.3, -0.25) is 14.5 Å². The third-order valence-electron chi connectivity index (χ3n) is 4.72. The lowest BCUT2D eigenvalue weighted by Gasteiger charge is -2.39. The van der Waals surface area contributed by atoms with E-state index < -0.39 is 24.0 Å². The maximum Gasteiger partial charge on any atom is 0.266 e. The number of thioether (sulfide) groups is 1. The lowest BCUT2D eigenvalue weighted by molar-refractivity contribution is -0.312. The molecular weight excluding hydrogens is 384 g/mol. The van der Waals surface area contributed by atoms with Crippen LogP contribution in [-0.4, -0.2) is 50.5 Å². The van der Waals surface area contributed by atoms with E-state index >= 15 is 0 Å². The number of likely N-dealkylation sites (tertiary alicyclic amines) is 1. The highest BCUT2D eigenvalue weighted by molar-refractivity contribution is 8.26. The number of carboxylic acid groups (broad SMARTS) is 1. The summed E-state index contributed by atoms with van der Waals surface area (Å²) in [7, 11) is 0. The van der Waals surface area contributed by atoms with Crippen LogP contribution in [0.3, 0.4) is 0 Å². The minimum Gasteiger partial charge on any atom is -0.548 e. The highest BCUT2D eigenvalue weighted by Crippen LogP contribution is 2.34. The molecule has 0 N–H and O–H groups in total. The molecule has 2 atom stereocenters. The van der Waals surface area contributed by atoms with Crippen molar-refractivity contribution < 1.29 is 19.5 Å². The van der Waals surface area contributed by atoms with E-state index in [9.17, 15) is 19.5 Å². The number of nitrogens with zero attached hydrogens (tertiary/aromatic N) is 2. The van der Waals surface area contributed by atoms with Gasteiger partial charge in [-0.2, -0.15) is 0 Å². The molecular formula is C19H19N2O4S2-. The van der Waals surface area contributed by atoms with Crippen LogP contribution in [0.15, 0.2) is 35.2 Å². The summed E-state index contributed by atoms with van der Waals surface area (Å²) in [6.07, 6.45) is 3.57. The number of hydrogen-bond acceptors (Lipinski definition) is 6. The highest BCUT2D eigenvalue weighted by atomic mass is 32.2. The van der Waals surface area contributed by atoms with Gasteiger partial charge in [-0.1, -0.05) is 54.3 Å². The molecule has 1 aromatic rings. The van der Waals surface area contributed by atoms with E-state index in [0.29, 0.717) is 22.2 Å². The molecule has 2 aliphatic heterocycles. The Morgan fingerprint density at radius 1 is 1.30 bits per heavy atom. The number of hydrogen-bond donors (Lipinski definition) is 0. The van der Waals surface area contributed by atoms with Gasteiger partial charge in [-0.15, -0.1) is 0 Å². The molecule has 2 fully saturated rings. The predicted molar refractivity (Wildman–Crippen MR) is 105 cm³/mol. The van der Waals surface area contributed by atoms with E-state index in [0.717, 1.165) is 30.2 Å².